The molecule has 2 rings (SSSR count). The van der Waals surface area contributed by atoms with Crippen molar-refractivity contribution in [2.24, 2.45) is 17.8 Å². The highest BCUT2D eigenvalue weighted by Gasteiger charge is 2.44. The number of amides is 1. The zero-order valence-corrected chi connectivity index (χ0v) is 18.4. The third-order valence-electron chi connectivity index (χ3n) is 5.03. The van der Waals surface area contributed by atoms with Crippen LogP contribution >= 0.6 is 0 Å². The maximum Gasteiger partial charge on any atom is 0.408 e. The first-order valence-corrected chi connectivity index (χ1v) is 10.4. The van der Waals surface area contributed by atoms with Gasteiger partial charge in [-0.3, -0.25) is 14.4 Å². The van der Waals surface area contributed by atoms with Crippen LogP contribution in [-0.2, 0) is 28.6 Å². The van der Waals surface area contributed by atoms with Gasteiger partial charge in [0.1, 0.15) is 18.2 Å². The molecule has 1 N–H and O–H groups in total. The third-order valence-corrected chi connectivity index (χ3v) is 5.03. The standard InChI is InChI=1S/C19H29NO7.C2H6/c1-19(2,3)27-18(24)20-14-10-26-17(23)12-8-6-5-7-11(16(22)25-4)13(12)9-15(14)21;1-2/h11-14H,5-10H2,1-4H3,(H,20,24);1-2H3. The molecule has 1 heterocycles. The number of alkyl carbamates (subject to hydrolysis) is 1. The molecular formula is C21H35NO7. The van der Waals surface area contributed by atoms with Crippen LogP contribution in [-0.4, -0.2) is 49.2 Å². The molecule has 0 radical (unpaired) electrons. The van der Waals surface area contributed by atoms with Crippen LogP contribution in [0.1, 0.15) is 66.7 Å². The summed E-state index contributed by atoms with van der Waals surface area (Å²) in [7, 11) is 1.30. The second-order valence-corrected chi connectivity index (χ2v) is 8.18. The Morgan fingerprint density at radius 1 is 1.10 bits per heavy atom. The van der Waals surface area contributed by atoms with Gasteiger partial charge < -0.3 is 19.5 Å². The summed E-state index contributed by atoms with van der Waals surface area (Å²) in [5.74, 6) is -2.64. The minimum atomic E-state index is -0.994. The fourth-order valence-electron chi connectivity index (χ4n) is 3.77. The number of esters is 2. The van der Waals surface area contributed by atoms with E-state index in [9.17, 15) is 19.2 Å². The Kier molecular flexibility index (Phi) is 9.59. The van der Waals surface area contributed by atoms with Crippen molar-refractivity contribution in [1.29, 1.82) is 0 Å². The Labute approximate surface area is 173 Å². The first-order valence-electron chi connectivity index (χ1n) is 10.4. The van der Waals surface area contributed by atoms with Crippen molar-refractivity contribution in [3.05, 3.63) is 0 Å². The number of fused-ring (bicyclic) bond motifs is 1. The van der Waals surface area contributed by atoms with Crippen molar-refractivity contribution in [2.45, 2.75) is 78.4 Å². The van der Waals surface area contributed by atoms with Crippen molar-refractivity contribution in [1.82, 2.24) is 5.32 Å². The molecule has 2 aliphatic rings. The molecule has 0 aromatic rings. The number of Topliss-reactive ketones (excluding diaryl/α,β-unsaturated/α-hetero) is 1. The molecule has 1 aliphatic heterocycles. The zero-order chi connectivity index (χ0) is 22.2. The quantitative estimate of drug-likeness (QED) is 0.547. The first-order chi connectivity index (χ1) is 13.6. The van der Waals surface area contributed by atoms with Gasteiger partial charge in [-0.1, -0.05) is 26.7 Å². The lowest BCUT2D eigenvalue weighted by Crippen LogP contribution is -2.50. The van der Waals surface area contributed by atoms with Gasteiger partial charge in [-0.2, -0.15) is 0 Å². The van der Waals surface area contributed by atoms with Crippen LogP contribution in [0.3, 0.4) is 0 Å². The van der Waals surface area contributed by atoms with Crippen LogP contribution in [0.4, 0.5) is 4.79 Å². The fourth-order valence-corrected chi connectivity index (χ4v) is 3.77. The minimum Gasteiger partial charge on any atom is -0.469 e. The molecular weight excluding hydrogens is 378 g/mol. The topological polar surface area (TPSA) is 108 Å². The van der Waals surface area contributed by atoms with Gasteiger partial charge in [0, 0.05) is 6.42 Å². The van der Waals surface area contributed by atoms with E-state index in [1.165, 1.54) is 7.11 Å². The summed E-state index contributed by atoms with van der Waals surface area (Å²) in [6.45, 7) is 8.90. The number of ketones is 1. The van der Waals surface area contributed by atoms with E-state index in [1.54, 1.807) is 20.8 Å². The summed E-state index contributed by atoms with van der Waals surface area (Å²) in [6, 6.07) is -0.994. The van der Waals surface area contributed by atoms with Crippen LogP contribution in [0.25, 0.3) is 0 Å². The lowest BCUT2D eigenvalue weighted by molar-refractivity contribution is -0.159. The number of ether oxygens (including phenoxy) is 3. The maximum atomic E-state index is 12.8. The molecule has 1 saturated heterocycles. The van der Waals surface area contributed by atoms with Gasteiger partial charge >= 0.3 is 18.0 Å². The number of cyclic esters (lactones) is 1. The highest BCUT2D eigenvalue weighted by atomic mass is 16.6. The number of nitrogens with one attached hydrogen (secondary N) is 1. The molecule has 0 aromatic heterocycles. The fraction of sp³-hybridized carbons (Fsp3) is 0.810. The number of rotatable bonds is 2. The van der Waals surface area contributed by atoms with Gasteiger partial charge in [0.05, 0.1) is 18.9 Å². The summed E-state index contributed by atoms with van der Waals surface area (Å²) in [5, 5.41) is 2.48. The van der Waals surface area contributed by atoms with E-state index in [0.717, 1.165) is 12.8 Å². The summed E-state index contributed by atoms with van der Waals surface area (Å²) >= 11 is 0. The van der Waals surface area contributed by atoms with E-state index in [4.69, 9.17) is 14.2 Å². The molecule has 1 aliphatic carbocycles. The molecule has 0 spiro atoms. The van der Waals surface area contributed by atoms with E-state index in [-0.39, 0.29) is 18.8 Å². The molecule has 4 atom stereocenters. The largest absolute Gasteiger partial charge is 0.469 e. The van der Waals surface area contributed by atoms with E-state index in [0.29, 0.717) is 12.8 Å². The number of carbonyl (C=O) groups is 4. The predicted molar refractivity (Wildman–Crippen MR) is 106 cm³/mol. The molecule has 1 amide bonds. The zero-order valence-electron chi connectivity index (χ0n) is 18.4. The number of methoxy groups -OCH3 is 1. The van der Waals surface area contributed by atoms with E-state index in [1.807, 2.05) is 13.8 Å². The number of carbonyl (C=O) groups excluding carboxylic acids is 4. The SMILES string of the molecule is CC.COC(=O)C1CCCCC2C(=O)OCC(NC(=O)OC(C)(C)C)C(=O)CC12. The lowest BCUT2D eigenvalue weighted by Gasteiger charge is -2.32. The van der Waals surface area contributed by atoms with E-state index in [2.05, 4.69) is 5.32 Å². The Morgan fingerprint density at radius 2 is 1.72 bits per heavy atom. The average Bonchev–Trinajstić information content (AvgIpc) is 2.86. The first kappa shape index (κ1) is 24.9. The number of hydrogen-bond donors (Lipinski definition) is 1. The second kappa shape index (κ2) is 11.2. The van der Waals surface area contributed by atoms with Crippen molar-refractivity contribution in [3.63, 3.8) is 0 Å². The average molecular weight is 414 g/mol. The smallest absolute Gasteiger partial charge is 0.408 e. The minimum absolute atomic E-state index is 0.0139. The normalized spacial score (nSPS) is 27.5. The monoisotopic (exact) mass is 413 g/mol. The second-order valence-electron chi connectivity index (χ2n) is 8.18. The van der Waals surface area contributed by atoms with Crippen LogP contribution in [0.15, 0.2) is 0 Å². The van der Waals surface area contributed by atoms with Crippen LogP contribution in [0.5, 0.6) is 0 Å². The Balaban J connectivity index is 0.00000204. The van der Waals surface area contributed by atoms with Crippen LogP contribution in [0.2, 0.25) is 0 Å². The maximum absolute atomic E-state index is 12.8. The molecule has 166 valence electrons. The summed E-state index contributed by atoms with van der Waals surface area (Å²) in [5.41, 5.74) is -0.714. The van der Waals surface area contributed by atoms with Gasteiger partial charge in [-0.05, 0) is 39.5 Å². The molecule has 29 heavy (non-hydrogen) atoms. The molecule has 0 aromatic carbocycles. The Hall–Kier alpha value is -2.12. The Morgan fingerprint density at radius 3 is 2.31 bits per heavy atom. The molecule has 8 nitrogen and oxygen atoms in total. The van der Waals surface area contributed by atoms with Crippen LogP contribution in [0, 0.1) is 17.8 Å². The molecule has 0 bridgehead atoms. The van der Waals surface area contributed by atoms with Gasteiger partial charge in [0.15, 0.2) is 5.78 Å². The molecule has 8 heteroatoms. The third kappa shape index (κ3) is 7.33. The molecule has 2 fully saturated rings. The van der Waals surface area contributed by atoms with Gasteiger partial charge in [0.25, 0.3) is 0 Å². The van der Waals surface area contributed by atoms with Crippen LogP contribution < -0.4 is 5.32 Å². The highest BCUT2D eigenvalue weighted by molar-refractivity contribution is 5.90. The summed E-state index contributed by atoms with van der Waals surface area (Å²) < 4.78 is 15.4. The molecule has 4 unspecified atom stereocenters. The molecule has 1 saturated carbocycles. The van der Waals surface area contributed by atoms with Gasteiger partial charge in [-0.25, -0.2) is 4.79 Å². The Bertz CT molecular complexity index is 588. The lowest BCUT2D eigenvalue weighted by atomic mass is 9.76. The van der Waals surface area contributed by atoms with Crippen molar-refractivity contribution >= 4 is 23.8 Å². The highest BCUT2D eigenvalue weighted by Crippen LogP contribution is 2.38. The van der Waals surface area contributed by atoms with Gasteiger partial charge in [-0.15, -0.1) is 0 Å². The summed E-state index contributed by atoms with van der Waals surface area (Å²) in [6.07, 6.45) is 1.98. The van der Waals surface area contributed by atoms with E-state index < -0.39 is 47.4 Å². The predicted octanol–water partition coefficient (Wildman–Crippen LogP) is 3.02. The van der Waals surface area contributed by atoms with Gasteiger partial charge in [0.2, 0.25) is 0 Å². The van der Waals surface area contributed by atoms with Crippen molar-refractivity contribution in [2.75, 3.05) is 13.7 Å². The van der Waals surface area contributed by atoms with E-state index >= 15 is 0 Å². The summed E-state index contributed by atoms with van der Waals surface area (Å²) in [4.78, 5) is 49.6. The number of hydrogen-bond acceptors (Lipinski definition) is 7. The van der Waals surface area contributed by atoms with Crippen molar-refractivity contribution < 1.29 is 33.4 Å². The van der Waals surface area contributed by atoms with Crippen molar-refractivity contribution in [3.8, 4) is 0 Å².